The number of benzene rings is 1. The first-order chi connectivity index (χ1) is 9.04. The molecule has 5 nitrogen and oxygen atoms in total. The van der Waals surface area contributed by atoms with Crippen molar-refractivity contribution in [1.82, 2.24) is 4.98 Å². The van der Waals surface area contributed by atoms with Gasteiger partial charge in [-0.2, -0.15) is 0 Å². The van der Waals surface area contributed by atoms with E-state index in [1.54, 1.807) is 6.92 Å². The van der Waals surface area contributed by atoms with Crippen LogP contribution in [0.5, 0.6) is 0 Å². The summed E-state index contributed by atoms with van der Waals surface area (Å²) in [6.07, 6.45) is 0.159. The van der Waals surface area contributed by atoms with Crippen LogP contribution < -0.4 is 5.32 Å². The topological polar surface area (TPSA) is 75.4 Å². The quantitative estimate of drug-likeness (QED) is 0.882. The minimum atomic E-state index is -1.31. The van der Waals surface area contributed by atoms with Crippen LogP contribution in [0.15, 0.2) is 32.9 Å². The van der Waals surface area contributed by atoms with Crippen LogP contribution >= 0.6 is 11.8 Å². The molecule has 0 radical (unpaired) electrons. The summed E-state index contributed by atoms with van der Waals surface area (Å²) in [6, 6.07) is 2.61. The highest BCUT2D eigenvalue weighted by Crippen LogP contribution is 2.38. The van der Waals surface area contributed by atoms with Gasteiger partial charge in [0, 0.05) is 11.3 Å². The third kappa shape index (κ3) is 2.11. The summed E-state index contributed by atoms with van der Waals surface area (Å²) in [5.74, 6) is -1.08. The van der Waals surface area contributed by atoms with Crippen LogP contribution in [0.25, 0.3) is 0 Å². The maximum absolute atomic E-state index is 13.9. The molecule has 1 aliphatic heterocycles. The van der Waals surface area contributed by atoms with Crippen LogP contribution in [0.3, 0.4) is 0 Å². The molecular weight excluding hydrogens is 271 g/mol. The molecule has 0 spiro atoms. The first-order valence-electron chi connectivity index (χ1n) is 5.47. The Kier molecular flexibility index (Phi) is 2.79. The fourth-order valence-electron chi connectivity index (χ4n) is 1.80. The molecule has 1 atom stereocenters. The number of rotatable bonds is 2. The van der Waals surface area contributed by atoms with Gasteiger partial charge < -0.3 is 14.8 Å². The number of nitrogens with zero attached hydrogens (tertiary/aromatic N) is 1. The highest BCUT2D eigenvalue weighted by Gasteiger charge is 2.30. The van der Waals surface area contributed by atoms with Gasteiger partial charge in [0.2, 0.25) is 0 Å². The molecule has 3 rings (SSSR count). The lowest BCUT2D eigenvalue weighted by Crippen LogP contribution is -2.10. The predicted octanol–water partition coefficient (Wildman–Crippen LogP) is 2.26. The Morgan fingerprint density at radius 3 is 3.00 bits per heavy atom. The van der Waals surface area contributed by atoms with E-state index >= 15 is 0 Å². The summed E-state index contributed by atoms with van der Waals surface area (Å²) in [6.45, 7) is 1.77. The molecule has 98 valence electrons. The molecular formula is C12H9FN2O3S. The molecule has 0 bridgehead atoms. The van der Waals surface area contributed by atoms with Gasteiger partial charge in [0.05, 0.1) is 10.6 Å². The third-order valence-electron chi connectivity index (χ3n) is 2.70. The highest BCUT2D eigenvalue weighted by molar-refractivity contribution is 7.99. The maximum atomic E-state index is 13.9. The van der Waals surface area contributed by atoms with E-state index in [0.717, 1.165) is 17.8 Å². The van der Waals surface area contributed by atoms with Crippen molar-refractivity contribution in [3.05, 3.63) is 35.5 Å². The predicted molar refractivity (Wildman–Crippen MR) is 65.4 cm³/mol. The maximum Gasteiger partial charge on any atom is 0.260 e. The molecule has 0 saturated heterocycles. The van der Waals surface area contributed by atoms with E-state index in [1.807, 2.05) is 0 Å². The Morgan fingerprint density at radius 1 is 1.53 bits per heavy atom. The molecule has 1 aliphatic rings. The number of carbonyl (C=O) groups excluding carboxylic acids is 1. The number of amides is 1. The molecule has 2 N–H and O–H groups in total. The zero-order chi connectivity index (χ0) is 13.6. The first-order valence-corrected chi connectivity index (χ1v) is 6.28. The average molecular weight is 280 g/mol. The van der Waals surface area contributed by atoms with Crippen molar-refractivity contribution >= 4 is 23.4 Å². The van der Waals surface area contributed by atoms with E-state index in [0.29, 0.717) is 16.6 Å². The van der Waals surface area contributed by atoms with Crippen molar-refractivity contribution < 1.29 is 18.7 Å². The fourth-order valence-corrected chi connectivity index (χ4v) is 2.60. The van der Waals surface area contributed by atoms with Crippen molar-refractivity contribution in [3.8, 4) is 0 Å². The van der Waals surface area contributed by atoms with E-state index in [4.69, 9.17) is 4.42 Å². The molecule has 1 aromatic heterocycles. The molecule has 0 saturated carbocycles. The van der Waals surface area contributed by atoms with Crippen LogP contribution in [0, 0.1) is 12.7 Å². The minimum Gasteiger partial charge on any atom is -0.439 e. The number of anilines is 1. The Balaban J connectivity index is 1.96. The van der Waals surface area contributed by atoms with Gasteiger partial charge in [-0.15, -0.1) is 0 Å². The molecule has 7 heteroatoms. The summed E-state index contributed by atoms with van der Waals surface area (Å²) in [5.41, 5.74) is 1.35. The van der Waals surface area contributed by atoms with Crippen molar-refractivity contribution in [3.63, 3.8) is 0 Å². The number of aliphatic hydroxyl groups excluding tert-OH is 1. The Morgan fingerprint density at radius 2 is 2.32 bits per heavy atom. The van der Waals surface area contributed by atoms with Crippen LogP contribution in [0.4, 0.5) is 10.1 Å². The SMILES string of the molecule is Cc1coc(Sc2cc3c(cc2F)C(O)C(=O)N3)n1. The van der Waals surface area contributed by atoms with Crippen LogP contribution in [-0.2, 0) is 4.79 Å². The lowest BCUT2D eigenvalue weighted by molar-refractivity contribution is -0.123. The largest absolute Gasteiger partial charge is 0.439 e. The van der Waals surface area contributed by atoms with Crippen LogP contribution in [0.2, 0.25) is 0 Å². The van der Waals surface area contributed by atoms with Gasteiger partial charge >= 0.3 is 0 Å². The third-order valence-corrected chi connectivity index (χ3v) is 3.59. The zero-order valence-corrected chi connectivity index (χ0v) is 10.6. The van der Waals surface area contributed by atoms with Crippen molar-refractivity contribution in [2.24, 2.45) is 0 Å². The minimum absolute atomic E-state index is 0.246. The van der Waals surface area contributed by atoms with E-state index in [-0.39, 0.29) is 10.5 Å². The number of carbonyl (C=O) groups is 1. The van der Waals surface area contributed by atoms with E-state index in [1.165, 1.54) is 12.3 Å². The van der Waals surface area contributed by atoms with Gasteiger partial charge in [-0.05, 0) is 30.8 Å². The van der Waals surface area contributed by atoms with Crippen molar-refractivity contribution in [2.75, 3.05) is 5.32 Å². The highest BCUT2D eigenvalue weighted by atomic mass is 32.2. The van der Waals surface area contributed by atoms with E-state index in [2.05, 4.69) is 10.3 Å². The van der Waals surface area contributed by atoms with Gasteiger partial charge in [0.25, 0.3) is 11.1 Å². The normalized spacial score (nSPS) is 17.4. The molecule has 2 aromatic rings. The first kappa shape index (κ1) is 12.2. The summed E-state index contributed by atoms with van der Waals surface area (Å²) < 4.78 is 19.0. The number of fused-ring (bicyclic) bond motifs is 1. The number of oxazole rings is 1. The second-order valence-electron chi connectivity index (χ2n) is 4.12. The van der Waals surface area contributed by atoms with Crippen molar-refractivity contribution in [2.45, 2.75) is 23.1 Å². The van der Waals surface area contributed by atoms with Gasteiger partial charge in [-0.3, -0.25) is 4.79 Å². The molecule has 1 unspecified atom stereocenters. The second kappa shape index (κ2) is 4.36. The monoisotopic (exact) mass is 280 g/mol. The van der Waals surface area contributed by atoms with Gasteiger partial charge in [0.1, 0.15) is 12.1 Å². The standard InChI is InChI=1S/C12H9FN2O3S/c1-5-4-18-12(14-5)19-9-3-8-6(2-7(9)13)10(16)11(17)15-8/h2-4,10,16H,1H3,(H,15,17). The fraction of sp³-hybridized carbons (Fsp3) is 0.167. The van der Waals surface area contributed by atoms with Gasteiger partial charge in [0.15, 0.2) is 6.10 Å². The summed E-state index contributed by atoms with van der Waals surface area (Å²) in [7, 11) is 0. The number of nitrogens with one attached hydrogen (secondary N) is 1. The number of hydrogen-bond donors (Lipinski definition) is 2. The Bertz CT molecular complexity index is 671. The van der Waals surface area contributed by atoms with Gasteiger partial charge in [-0.1, -0.05) is 0 Å². The smallest absolute Gasteiger partial charge is 0.260 e. The number of aliphatic hydroxyl groups is 1. The summed E-state index contributed by atoms with van der Waals surface area (Å²) >= 11 is 1.02. The molecule has 1 amide bonds. The Labute approximate surface area is 111 Å². The van der Waals surface area contributed by atoms with Gasteiger partial charge in [-0.25, -0.2) is 9.37 Å². The lowest BCUT2D eigenvalue weighted by Gasteiger charge is -2.04. The molecule has 0 fully saturated rings. The number of aromatic nitrogens is 1. The molecule has 0 aliphatic carbocycles. The molecule has 1 aromatic carbocycles. The number of hydrogen-bond acceptors (Lipinski definition) is 5. The summed E-state index contributed by atoms with van der Waals surface area (Å²) in [5, 5.41) is 12.3. The number of aryl methyl sites for hydroxylation is 1. The number of halogens is 1. The molecule has 19 heavy (non-hydrogen) atoms. The zero-order valence-electron chi connectivity index (χ0n) is 9.81. The second-order valence-corrected chi connectivity index (χ2v) is 5.11. The van der Waals surface area contributed by atoms with E-state index < -0.39 is 17.8 Å². The summed E-state index contributed by atoms with van der Waals surface area (Å²) in [4.78, 5) is 15.6. The average Bonchev–Trinajstić information content (AvgIpc) is 2.87. The lowest BCUT2D eigenvalue weighted by atomic mass is 10.1. The van der Waals surface area contributed by atoms with Crippen molar-refractivity contribution in [1.29, 1.82) is 0 Å². The molecule has 2 heterocycles. The van der Waals surface area contributed by atoms with Crippen LogP contribution in [0.1, 0.15) is 17.4 Å². The Hall–Kier alpha value is -1.86. The van der Waals surface area contributed by atoms with Crippen LogP contribution in [-0.4, -0.2) is 16.0 Å². The van der Waals surface area contributed by atoms with E-state index in [9.17, 15) is 14.3 Å².